The van der Waals surface area contributed by atoms with Gasteiger partial charge in [0.25, 0.3) is 5.56 Å². The number of ether oxygens (including phenoxy) is 1. The van der Waals surface area contributed by atoms with E-state index in [-0.39, 0.29) is 39.0 Å². The zero-order valence-corrected chi connectivity index (χ0v) is 15.8. The maximum absolute atomic E-state index is 12.6. The smallest absolute Gasteiger partial charge is 0.352 e. The first-order valence-electron chi connectivity index (χ1n) is 8.15. The van der Waals surface area contributed by atoms with E-state index in [0.717, 1.165) is 11.3 Å². The number of hydrogen-bond donors (Lipinski definition) is 1. The lowest BCUT2D eigenvalue weighted by Crippen LogP contribution is -2.32. The van der Waals surface area contributed by atoms with Crippen molar-refractivity contribution in [2.45, 2.75) is 13.5 Å². The highest BCUT2D eigenvalue weighted by Gasteiger charge is 2.16. The van der Waals surface area contributed by atoms with Gasteiger partial charge in [-0.15, -0.1) is 11.3 Å². The Kier molecular flexibility index (Phi) is 6.88. The van der Waals surface area contributed by atoms with Gasteiger partial charge in [-0.05, 0) is 30.7 Å². The molecule has 1 heterocycles. The van der Waals surface area contributed by atoms with E-state index in [2.05, 4.69) is 12.3 Å². The lowest BCUT2D eigenvalue weighted by atomic mass is 10.1. The molecule has 0 spiro atoms. The molecule has 0 fully saturated rings. The van der Waals surface area contributed by atoms with Crippen LogP contribution in [-0.2, 0) is 16.1 Å². The van der Waals surface area contributed by atoms with Crippen LogP contribution in [0, 0.1) is 11.3 Å². The summed E-state index contributed by atoms with van der Waals surface area (Å²) in [6.45, 7) is 5.38. The van der Waals surface area contributed by atoms with Crippen LogP contribution in [-0.4, -0.2) is 28.2 Å². The molecule has 2 rings (SSSR count). The van der Waals surface area contributed by atoms with Crippen molar-refractivity contribution in [2.75, 3.05) is 6.61 Å². The highest BCUT2D eigenvalue weighted by molar-refractivity contribution is 7.07. The topological polar surface area (TPSA) is 109 Å². The molecule has 8 heteroatoms. The predicted octanol–water partition coefficient (Wildman–Crippen LogP) is 1.12. The van der Waals surface area contributed by atoms with E-state index >= 15 is 0 Å². The Morgan fingerprint density at radius 1 is 1.36 bits per heavy atom. The van der Waals surface area contributed by atoms with Crippen LogP contribution in [0.5, 0.6) is 0 Å². The highest BCUT2D eigenvalue weighted by Crippen LogP contribution is 2.05. The second kappa shape index (κ2) is 9.33. The van der Waals surface area contributed by atoms with Crippen LogP contribution in [0.2, 0.25) is 0 Å². The van der Waals surface area contributed by atoms with Crippen molar-refractivity contribution >= 4 is 40.7 Å². The van der Waals surface area contributed by atoms with Crippen LogP contribution >= 0.6 is 11.3 Å². The van der Waals surface area contributed by atoms with Gasteiger partial charge >= 0.3 is 11.9 Å². The standard InChI is InChI=1S/C20H16N2O5S/c1-3-11-27-20(26)15(12-21)18-22(4-2)17(23)16(28-18)10-7-13-5-8-14(9-6-13)19(24)25/h3,5-9H,1,4,11H2,2H3,(H,24,25)/b18-15-. The molecule has 0 radical (unpaired) electrons. The first-order chi connectivity index (χ1) is 13.4. The van der Waals surface area contributed by atoms with E-state index < -0.39 is 11.9 Å². The van der Waals surface area contributed by atoms with Crippen molar-refractivity contribution in [3.05, 3.63) is 67.6 Å². The summed E-state index contributed by atoms with van der Waals surface area (Å²) in [5, 5.41) is 18.3. The van der Waals surface area contributed by atoms with Gasteiger partial charge in [0.2, 0.25) is 0 Å². The summed E-state index contributed by atoms with van der Waals surface area (Å²) in [6.07, 6.45) is 2.91. The van der Waals surface area contributed by atoms with Crippen molar-refractivity contribution in [1.82, 2.24) is 4.57 Å². The molecule has 0 unspecified atom stereocenters. The number of esters is 1. The molecule has 1 N–H and O–H groups in total. The first kappa shape index (κ1) is 20.6. The molecule has 28 heavy (non-hydrogen) atoms. The Labute approximate surface area is 164 Å². The largest absolute Gasteiger partial charge is 0.478 e. The normalized spacial score (nSPS) is 11.0. The van der Waals surface area contributed by atoms with Gasteiger partial charge < -0.3 is 9.84 Å². The fraction of sp³-hybridized carbons (Fsp3) is 0.150. The average molecular weight is 396 g/mol. The number of benzene rings is 1. The second-order valence-electron chi connectivity index (χ2n) is 5.38. The number of carbonyl (C=O) groups is 2. The molecule has 1 aromatic carbocycles. The zero-order chi connectivity index (χ0) is 20.7. The third-order valence-corrected chi connectivity index (χ3v) is 4.70. The number of carboxylic acids is 1. The molecule has 0 aliphatic rings. The Bertz CT molecular complexity index is 1170. The van der Waals surface area contributed by atoms with Crippen molar-refractivity contribution in [2.24, 2.45) is 0 Å². The molecule has 0 saturated carbocycles. The maximum atomic E-state index is 12.6. The minimum Gasteiger partial charge on any atom is -0.478 e. The second-order valence-corrected chi connectivity index (χ2v) is 6.37. The molecule has 1 aromatic heterocycles. The fourth-order valence-corrected chi connectivity index (χ4v) is 3.29. The summed E-state index contributed by atoms with van der Waals surface area (Å²) < 4.78 is 6.62. The monoisotopic (exact) mass is 396 g/mol. The summed E-state index contributed by atoms with van der Waals surface area (Å²) in [5.41, 5.74) is 3.01. The fourth-order valence-electron chi connectivity index (χ4n) is 2.23. The summed E-state index contributed by atoms with van der Waals surface area (Å²) in [4.78, 5) is 35.5. The van der Waals surface area contributed by atoms with Gasteiger partial charge in [0.15, 0.2) is 5.57 Å². The van der Waals surface area contributed by atoms with E-state index in [1.165, 1.54) is 28.9 Å². The molecular weight excluding hydrogens is 380 g/mol. The lowest BCUT2D eigenvalue weighted by molar-refractivity contribution is -0.135. The van der Waals surface area contributed by atoms with Gasteiger partial charge in [0, 0.05) is 6.54 Å². The van der Waals surface area contributed by atoms with Crippen LogP contribution in [0.1, 0.15) is 22.8 Å². The van der Waals surface area contributed by atoms with E-state index in [0.29, 0.717) is 5.56 Å². The lowest BCUT2D eigenvalue weighted by Gasteiger charge is -2.00. The van der Waals surface area contributed by atoms with Crippen LogP contribution in [0.3, 0.4) is 0 Å². The van der Waals surface area contributed by atoms with Gasteiger partial charge in [-0.3, -0.25) is 9.36 Å². The summed E-state index contributed by atoms with van der Waals surface area (Å²) in [7, 11) is 0. The molecule has 0 amide bonds. The Hall–Kier alpha value is -3.66. The number of aromatic nitrogens is 1. The third-order valence-electron chi connectivity index (χ3n) is 3.59. The number of nitriles is 1. The zero-order valence-electron chi connectivity index (χ0n) is 15.0. The van der Waals surface area contributed by atoms with Gasteiger partial charge in [0.1, 0.15) is 21.9 Å². The van der Waals surface area contributed by atoms with Gasteiger partial charge in [0.05, 0.1) is 5.56 Å². The van der Waals surface area contributed by atoms with E-state index in [1.54, 1.807) is 25.1 Å². The molecule has 2 aromatic rings. The minimum atomic E-state index is -1.03. The Morgan fingerprint density at radius 2 is 2.04 bits per heavy atom. The number of hydrogen-bond acceptors (Lipinski definition) is 6. The number of thiazole rings is 1. The average Bonchev–Trinajstić information content (AvgIpc) is 3.00. The van der Waals surface area contributed by atoms with Crippen LogP contribution in [0.4, 0.5) is 0 Å². The highest BCUT2D eigenvalue weighted by atomic mass is 32.1. The molecule has 0 bridgehead atoms. The molecule has 0 aliphatic carbocycles. The van der Waals surface area contributed by atoms with Crippen molar-refractivity contribution in [3.8, 4) is 6.07 Å². The van der Waals surface area contributed by atoms with Crippen molar-refractivity contribution in [3.63, 3.8) is 0 Å². The third kappa shape index (κ3) is 4.54. The number of nitrogens with zero attached hydrogens (tertiary/aromatic N) is 2. The van der Waals surface area contributed by atoms with Gasteiger partial charge in [-0.1, -0.05) is 30.5 Å². The van der Waals surface area contributed by atoms with Crippen molar-refractivity contribution in [1.29, 1.82) is 5.26 Å². The van der Waals surface area contributed by atoms with E-state index in [1.807, 2.05) is 0 Å². The van der Waals surface area contributed by atoms with Crippen molar-refractivity contribution < 1.29 is 19.4 Å². The van der Waals surface area contributed by atoms with Gasteiger partial charge in [-0.25, -0.2) is 9.59 Å². The number of rotatable bonds is 6. The first-order valence-corrected chi connectivity index (χ1v) is 8.96. The molecule has 142 valence electrons. The van der Waals surface area contributed by atoms with Crippen LogP contribution < -0.4 is 14.8 Å². The van der Waals surface area contributed by atoms with Gasteiger partial charge in [-0.2, -0.15) is 5.26 Å². The summed E-state index contributed by atoms with van der Waals surface area (Å²) >= 11 is 0.960. The Morgan fingerprint density at radius 3 is 2.57 bits per heavy atom. The number of carboxylic acid groups (broad SMARTS) is 1. The molecule has 7 nitrogen and oxygen atoms in total. The predicted molar refractivity (Wildman–Crippen MR) is 105 cm³/mol. The molecular formula is C20H16N2O5S. The quantitative estimate of drug-likeness (QED) is 0.579. The summed E-state index contributed by atoms with van der Waals surface area (Å²) in [6, 6.07) is 7.85. The molecule has 0 saturated heterocycles. The van der Waals surface area contributed by atoms with E-state index in [4.69, 9.17) is 9.84 Å². The summed E-state index contributed by atoms with van der Waals surface area (Å²) in [5.74, 6) is -1.86. The maximum Gasteiger partial charge on any atom is 0.352 e. The minimum absolute atomic E-state index is 0.0447. The van der Waals surface area contributed by atoms with Crippen LogP contribution in [0.25, 0.3) is 17.4 Å². The van der Waals surface area contributed by atoms with E-state index in [9.17, 15) is 19.6 Å². The number of aromatic carboxylic acids is 1. The Balaban J connectivity index is 2.63. The number of carbonyl (C=O) groups excluding carboxylic acids is 1. The molecule has 0 atom stereocenters. The SMILES string of the molecule is C=CCOC(=O)/C(C#N)=c1\sc(=C=Cc2ccc(C(=O)O)cc2)c(=O)n1CC. The molecule has 0 aliphatic heterocycles. The van der Waals surface area contributed by atoms with Crippen LogP contribution in [0.15, 0.2) is 41.7 Å².